The lowest BCUT2D eigenvalue weighted by Crippen LogP contribution is -2.39. The number of hydrogen-bond acceptors (Lipinski definition) is 3. The Bertz CT molecular complexity index is 744. The Balaban J connectivity index is 2.28. The lowest BCUT2D eigenvalue weighted by molar-refractivity contribution is -0.137. The summed E-state index contributed by atoms with van der Waals surface area (Å²) in [6.45, 7) is 3.72. The summed E-state index contributed by atoms with van der Waals surface area (Å²) in [5.41, 5.74) is 0.788. The van der Waals surface area contributed by atoms with Gasteiger partial charge < -0.3 is 10.0 Å². The summed E-state index contributed by atoms with van der Waals surface area (Å²) in [5.74, 6) is -1.69. The van der Waals surface area contributed by atoms with E-state index in [0.29, 0.717) is 10.2 Å². The molecule has 24 heavy (non-hydrogen) atoms. The minimum Gasteiger partial charge on any atom is -0.481 e. The fourth-order valence-electron chi connectivity index (χ4n) is 2.17. The number of halogens is 2. The average Bonchev–Trinajstić information content (AvgIpc) is 2.89. The second-order valence-electron chi connectivity index (χ2n) is 5.48. The highest BCUT2D eigenvalue weighted by Gasteiger charge is 2.24. The molecule has 1 aromatic heterocycles. The van der Waals surface area contributed by atoms with Crippen molar-refractivity contribution in [3.63, 3.8) is 0 Å². The predicted molar refractivity (Wildman–Crippen MR) is 89.6 cm³/mol. The van der Waals surface area contributed by atoms with Gasteiger partial charge in [0.1, 0.15) is 5.82 Å². The Hall–Kier alpha value is -2.22. The van der Waals surface area contributed by atoms with Crippen LogP contribution in [0, 0.1) is 5.82 Å². The highest BCUT2D eigenvalue weighted by atomic mass is 79.9. The standard InChI is InChI=1S/C16H17BrFN3O3/c1-10(2)20(8-7-14(22)23)16(24)15-13(17)9-21(19-15)12-5-3-11(18)4-6-12/h3-6,9-10H,7-8H2,1-2H3,(H,22,23). The van der Waals surface area contributed by atoms with Crippen LogP contribution in [-0.2, 0) is 4.79 Å². The van der Waals surface area contributed by atoms with Gasteiger partial charge in [0.05, 0.1) is 16.6 Å². The molecule has 1 amide bonds. The number of rotatable bonds is 6. The molecule has 1 heterocycles. The molecular formula is C16H17BrFN3O3. The number of carboxylic acid groups (broad SMARTS) is 1. The number of carboxylic acids is 1. The van der Waals surface area contributed by atoms with Gasteiger partial charge in [-0.1, -0.05) is 0 Å². The Morgan fingerprint density at radius 3 is 2.50 bits per heavy atom. The maximum absolute atomic E-state index is 13.0. The third-order valence-corrected chi connectivity index (χ3v) is 3.99. The van der Waals surface area contributed by atoms with Crippen molar-refractivity contribution in [1.29, 1.82) is 0 Å². The predicted octanol–water partition coefficient (Wildman–Crippen LogP) is 3.10. The zero-order chi connectivity index (χ0) is 17.9. The Morgan fingerprint density at radius 1 is 1.33 bits per heavy atom. The summed E-state index contributed by atoms with van der Waals surface area (Å²) in [4.78, 5) is 24.9. The molecule has 2 aromatic rings. The number of carbonyl (C=O) groups is 2. The van der Waals surface area contributed by atoms with Crippen LogP contribution in [0.15, 0.2) is 34.9 Å². The van der Waals surface area contributed by atoms with E-state index >= 15 is 0 Å². The van der Waals surface area contributed by atoms with Crippen molar-refractivity contribution in [2.75, 3.05) is 6.54 Å². The van der Waals surface area contributed by atoms with Gasteiger partial charge in [0.25, 0.3) is 5.91 Å². The SMILES string of the molecule is CC(C)N(CCC(=O)O)C(=O)c1nn(-c2ccc(F)cc2)cc1Br. The van der Waals surface area contributed by atoms with E-state index in [9.17, 15) is 14.0 Å². The van der Waals surface area contributed by atoms with Crippen LogP contribution >= 0.6 is 15.9 Å². The van der Waals surface area contributed by atoms with Crippen molar-refractivity contribution in [1.82, 2.24) is 14.7 Å². The number of nitrogens with zero attached hydrogens (tertiary/aromatic N) is 3. The largest absolute Gasteiger partial charge is 0.481 e. The minimum absolute atomic E-state index is 0.0989. The monoisotopic (exact) mass is 397 g/mol. The van der Waals surface area contributed by atoms with Crippen molar-refractivity contribution in [2.24, 2.45) is 0 Å². The van der Waals surface area contributed by atoms with Crippen LogP contribution in [0.2, 0.25) is 0 Å². The highest BCUT2D eigenvalue weighted by Crippen LogP contribution is 2.21. The second-order valence-corrected chi connectivity index (χ2v) is 6.34. The molecule has 1 N–H and O–H groups in total. The van der Waals surface area contributed by atoms with Gasteiger partial charge in [-0.05, 0) is 54.0 Å². The number of benzene rings is 1. The molecule has 0 spiro atoms. The van der Waals surface area contributed by atoms with Gasteiger partial charge in [-0.2, -0.15) is 5.10 Å². The second kappa shape index (κ2) is 7.57. The third kappa shape index (κ3) is 4.19. The van der Waals surface area contributed by atoms with Gasteiger partial charge >= 0.3 is 5.97 Å². The molecule has 2 rings (SSSR count). The smallest absolute Gasteiger partial charge is 0.305 e. The molecule has 0 atom stereocenters. The zero-order valence-electron chi connectivity index (χ0n) is 13.2. The van der Waals surface area contributed by atoms with Crippen molar-refractivity contribution >= 4 is 27.8 Å². The molecule has 6 nitrogen and oxygen atoms in total. The van der Waals surface area contributed by atoms with E-state index in [1.807, 2.05) is 13.8 Å². The number of aliphatic carboxylic acids is 1. The number of aromatic nitrogens is 2. The minimum atomic E-state index is -0.968. The molecule has 0 unspecified atom stereocenters. The average molecular weight is 398 g/mol. The first-order chi connectivity index (χ1) is 11.3. The van der Waals surface area contributed by atoms with E-state index in [4.69, 9.17) is 5.11 Å². The van der Waals surface area contributed by atoms with Crippen LogP contribution in [0.1, 0.15) is 30.8 Å². The van der Waals surface area contributed by atoms with E-state index in [1.54, 1.807) is 18.3 Å². The van der Waals surface area contributed by atoms with Gasteiger partial charge in [0, 0.05) is 18.8 Å². The Kier molecular flexibility index (Phi) is 5.71. The molecule has 8 heteroatoms. The molecular weight excluding hydrogens is 381 g/mol. The highest BCUT2D eigenvalue weighted by molar-refractivity contribution is 9.10. The van der Waals surface area contributed by atoms with Gasteiger partial charge in [-0.15, -0.1) is 0 Å². The summed E-state index contributed by atoms with van der Waals surface area (Å²) in [6.07, 6.45) is 1.47. The lowest BCUT2D eigenvalue weighted by atomic mass is 10.2. The molecule has 0 fully saturated rings. The first-order valence-electron chi connectivity index (χ1n) is 7.33. The van der Waals surface area contributed by atoms with Crippen LogP contribution in [-0.4, -0.2) is 44.3 Å². The normalized spacial score (nSPS) is 10.9. The zero-order valence-corrected chi connectivity index (χ0v) is 14.8. The quantitative estimate of drug-likeness (QED) is 0.812. The van der Waals surface area contributed by atoms with Crippen LogP contribution < -0.4 is 0 Å². The maximum Gasteiger partial charge on any atom is 0.305 e. The van der Waals surface area contributed by atoms with E-state index in [2.05, 4.69) is 21.0 Å². The summed E-state index contributed by atoms with van der Waals surface area (Å²) in [5, 5.41) is 13.1. The van der Waals surface area contributed by atoms with Gasteiger partial charge in [0.2, 0.25) is 0 Å². The fourth-order valence-corrected chi connectivity index (χ4v) is 2.61. The Morgan fingerprint density at radius 2 is 1.96 bits per heavy atom. The molecule has 1 aromatic carbocycles. The molecule has 0 aliphatic heterocycles. The Labute approximate surface area is 147 Å². The summed E-state index contributed by atoms with van der Waals surface area (Å²) in [7, 11) is 0. The van der Waals surface area contributed by atoms with E-state index in [-0.39, 0.29) is 36.4 Å². The van der Waals surface area contributed by atoms with Gasteiger partial charge in [0.15, 0.2) is 5.69 Å². The maximum atomic E-state index is 13.0. The number of carbonyl (C=O) groups excluding carboxylic acids is 1. The molecule has 0 aliphatic carbocycles. The molecule has 0 saturated heterocycles. The van der Waals surface area contributed by atoms with Crippen molar-refractivity contribution in [2.45, 2.75) is 26.3 Å². The lowest BCUT2D eigenvalue weighted by Gasteiger charge is -2.25. The third-order valence-electron chi connectivity index (χ3n) is 3.41. The molecule has 0 saturated carbocycles. The topological polar surface area (TPSA) is 75.4 Å². The number of hydrogen-bond donors (Lipinski definition) is 1. The van der Waals surface area contributed by atoms with Crippen LogP contribution in [0.5, 0.6) is 0 Å². The summed E-state index contributed by atoms with van der Waals surface area (Å²) >= 11 is 3.31. The van der Waals surface area contributed by atoms with E-state index in [0.717, 1.165) is 0 Å². The van der Waals surface area contributed by atoms with E-state index < -0.39 is 5.97 Å². The molecule has 128 valence electrons. The van der Waals surface area contributed by atoms with Crippen LogP contribution in [0.3, 0.4) is 0 Å². The first-order valence-corrected chi connectivity index (χ1v) is 8.12. The summed E-state index contributed by atoms with van der Waals surface area (Å²) < 4.78 is 15.0. The van der Waals surface area contributed by atoms with Crippen molar-refractivity contribution < 1.29 is 19.1 Å². The summed E-state index contributed by atoms with van der Waals surface area (Å²) in [6, 6.07) is 5.54. The van der Waals surface area contributed by atoms with E-state index in [1.165, 1.54) is 21.7 Å². The molecule has 0 radical (unpaired) electrons. The van der Waals surface area contributed by atoms with Gasteiger partial charge in [-0.25, -0.2) is 9.07 Å². The van der Waals surface area contributed by atoms with Crippen molar-refractivity contribution in [3.05, 3.63) is 46.4 Å². The first kappa shape index (κ1) is 18.1. The molecule has 0 aliphatic rings. The van der Waals surface area contributed by atoms with Crippen molar-refractivity contribution in [3.8, 4) is 5.69 Å². The fraction of sp³-hybridized carbons (Fsp3) is 0.312. The van der Waals surface area contributed by atoms with Crippen LogP contribution in [0.25, 0.3) is 5.69 Å². The van der Waals surface area contributed by atoms with Gasteiger partial charge in [-0.3, -0.25) is 9.59 Å². The number of amides is 1. The molecule has 0 bridgehead atoms. The van der Waals surface area contributed by atoms with Crippen LogP contribution in [0.4, 0.5) is 4.39 Å².